The van der Waals surface area contributed by atoms with Crippen LogP contribution in [0.15, 0.2) is 41.5 Å². The third kappa shape index (κ3) is 7.70. The molecule has 0 atom stereocenters. The van der Waals surface area contributed by atoms with Crippen LogP contribution >= 0.6 is 0 Å². The summed E-state index contributed by atoms with van der Waals surface area (Å²) in [5.41, 5.74) is 4.13. The van der Waals surface area contributed by atoms with Gasteiger partial charge in [0, 0.05) is 11.6 Å². The Morgan fingerprint density at radius 2 is 1.63 bits per heavy atom. The minimum atomic E-state index is -0.545. The fourth-order valence-corrected chi connectivity index (χ4v) is 4.08. The highest BCUT2D eigenvalue weighted by atomic mass is 16.6. The molecule has 2 rings (SSSR count). The molecule has 0 aliphatic carbocycles. The quantitative estimate of drug-likeness (QED) is 0.280. The van der Waals surface area contributed by atoms with Crippen LogP contribution in [0.4, 0.5) is 5.69 Å². The van der Waals surface area contributed by atoms with Gasteiger partial charge in [0.05, 0.1) is 24.9 Å². The summed E-state index contributed by atoms with van der Waals surface area (Å²) in [6, 6.07) is 10.2. The molecule has 0 aliphatic heterocycles. The molecule has 0 spiro atoms. The molecule has 0 aromatic heterocycles. The number of nitrogens with one attached hydrogen (secondary N) is 1. The van der Waals surface area contributed by atoms with E-state index in [0.29, 0.717) is 17.2 Å². The predicted octanol–water partition coefficient (Wildman–Crippen LogP) is 5.25. The molecule has 1 amide bonds. The van der Waals surface area contributed by atoms with Crippen molar-refractivity contribution in [1.82, 2.24) is 5.43 Å². The number of carbonyl (C=O) groups excluding carboxylic acids is 1. The zero-order valence-corrected chi connectivity index (χ0v) is 21.7. The summed E-state index contributed by atoms with van der Waals surface area (Å²) in [5, 5.41) is 15.8. The largest absolute Gasteiger partial charge is 0.493 e. The second kappa shape index (κ2) is 11.2. The number of ether oxygens (including phenoxy) is 3. The zero-order valence-electron chi connectivity index (χ0n) is 21.7. The second-order valence-corrected chi connectivity index (χ2v) is 10.2. The Morgan fingerprint density at radius 3 is 2.20 bits per heavy atom. The van der Waals surface area contributed by atoms with E-state index < -0.39 is 17.4 Å². The number of hydrazone groups is 1. The average Bonchev–Trinajstić information content (AvgIpc) is 2.78. The van der Waals surface area contributed by atoms with Gasteiger partial charge in [0.2, 0.25) is 0 Å². The summed E-state index contributed by atoms with van der Waals surface area (Å²) < 4.78 is 16.0. The molecule has 9 heteroatoms. The van der Waals surface area contributed by atoms with Crippen LogP contribution in [0.25, 0.3) is 0 Å². The van der Waals surface area contributed by atoms with Crippen molar-refractivity contribution in [2.45, 2.75) is 53.4 Å². The van der Waals surface area contributed by atoms with Crippen LogP contribution < -0.4 is 19.6 Å². The van der Waals surface area contributed by atoms with Crippen molar-refractivity contribution in [3.63, 3.8) is 0 Å². The number of benzene rings is 2. The van der Waals surface area contributed by atoms with Gasteiger partial charge >= 0.3 is 5.69 Å². The summed E-state index contributed by atoms with van der Waals surface area (Å²) in [5.74, 6) is 0.601. The predicted molar refractivity (Wildman–Crippen MR) is 136 cm³/mol. The Bertz CT molecular complexity index is 1100. The van der Waals surface area contributed by atoms with Gasteiger partial charge in [-0.25, -0.2) is 5.43 Å². The molecule has 0 unspecified atom stereocenters. The van der Waals surface area contributed by atoms with E-state index in [1.54, 1.807) is 38.3 Å². The molecule has 2 aromatic rings. The number of rotatable bonds is 10. The van der Waals surface area contributed by atoms with Crippen molar-refractivity contribution in [1.29, 1.82) is 0 Å². The highest BCUT2D eigenvalue weighted by molar-refractivity contribution is 5.99. The Kier molecular flexibility index (Phi) is 8.84. The van der Waals surface area contributed by atoms with Crippen LogP contribution in [0, 0.1) is 15.5 Å². The van der Waals surface area contributed by atoms with Gasteiger partial charge in [-0.3, -0.25) is 14.9 Å². The Hall–Kier alpha value is -3.62. The maximum Gasteiger partial charge on any atom is 0.311 e. The molecule has 2 aromatic carbocycles. The molecule has 0 radical (unpaired) electrons. The van der Waals surface area contributed by atoms with Gasteiger partial charge in [-0.2, -0.15) is 5.10 Å². The van der Waals surface area contributed by atoms with E-state index in [4.69, 9.17) is 14.2 Å². The monoisotopic (exact) mass is 485 g/mol. The minimum absolute atomic E-state index is 0.0288. The van der Waals surface area contributed by atoms with Crippen molar-refractivity contribution in [3.05, 3.63) is 57.6 Å². The first-order valence-corrected chi connectivity index (χ1v) is 11.2. The number of carbonyl (C=O) groups is 1. The van der Waals surface area contributed by atoms with Crippen LogP contribution in [-0.4, -0.2) is 37.4 Å². The van der Waals surface area contributed by atoms with Crippen LogP contribution in [0.2, 0.25) is 0 Å². The van der Waals surface area contributed by atoms with Gasteiger partial charge in [-0.1, -0.05) is 40.7 Å². The van der Waals surface area contributed by atoms with Crippen LogP contribution in [0.3, 0.4) is 0 Å². The zero-order chi connectivity index (χ0) is 26.4. The van der Waals surface area contributed by atoms with Gasteiger partial charge < -0.3 is 14.2 Å². The van der Waals surface area contributed by atoms with E-state index in [1.165, 1.54) is 13.2 Å². The molecular weight excluding hydrogens is 450 g/mol. The van der Waals surface area contributed by atoms with Crippen molar-refractivity contribution in [2.75, 3.05) is 20.8 Å². The van der Waals surface area contributed by atoms with Crippen molar-refractivity contribution in [2.24, 2.45) is 10.5 Å². The Balaban J connectivity index is 2.10. The van der Waals surface area contributed by atoms with Crippen molar-refractivity contribution in [3.8, 4) is 17.2 Å². The third-order valence-corrected chi connectivity index (χ3v) is 5.42. The lowest BCUT2D eigenvalue weighted by atomic mass is 9.72. The molecule has 0 saturated heterocycles. The number of hydrogen-bond acceptors (Lipinski definition) is 7. The van der Waals surface area contributed by atoms with E-state index in [1.807, 2.05) is 6.07 Å². The number of nitrogens with zero attached hydrogens (tertiary/aromatic N) is 2. The molecule has 0 heterocycles. The van der Waals surface area contributed by atoms with Gasteiger partial charge in [0.15, 0.2) is 23.9 Å². The lowest BCUT2D eigenvalue weighted by Gasteiger charge is -2.33. The number of nitro groups is 1. The number of methoxy groups -OCH3 is 2. The van der Waals surface area contributed by atoms with Gasteiger partial charge in [-0.05, 0) is 54.0 Å². The summed E-state index contributed by atoms with van der Waals surface area (Å²) in [6.45, 7) is 11.8. The third-order valence-electron chi connectivity index (χ3n) is 5.42. The van der Waals surface area contributed by atoms with Crippen molar-refractivity contribution < 1.29 is 23.9 Å². The molecule has 35 heavy (non-hydrogen) atoms. The molecule has 1 N–H and O–H groups in total. The van der Waals surface area contributed by atoms with Crippen LogP contribution in [0.1, 0.15) is 59.1 Å². The topological polar surface area (TPSA) is 112 Å². The highest BCUT2D eigenvalue weighted by Gasteiger charge is 2.30. The van der Waals surface area contributed by atoms with Gasteiger partial charge in [0.1, 0.15) is 0 Å². The molecule has 9 nitrogen and oxygen atoms in total. The summed E-state index contributed by atoms with van der Waals surface area (Å²) in [4.78, 5) is 23.5. The van der Waals surface area contributed by atoms with Crippen LogP contribution in [0.5, 0.6) is 17.2 Å². The van der Waals surface area contributed by atoms with E-state index in [9.17, 15) is 14.9 Å². The standard InChI is InChI=1S/C26H35N3O6/c1-17(18-9-11-22(33-7)23(13-18)34-8)27-28-24(30)15-35-21-12-10-19(14-20(21)29(31)32)26(5,6)16-25(2,3)4/h9-14H,15-16H2,1-8H3,(H,28,30)/b27-17-. The normalized spacial score (nSPS) is 12.2. The number of amides is 1. The molecule has 0 fully saturated rings. The summed E-state index contributed by atoms with van der Waals surface area (Å²) >= 11 is 0. The molecule has 190 valence electrons. The lowest BCUT2D eigenvalue weighted by Crippen LogP contribution is -2.26. The SMILES string of the molecule is COc1ccc(/C(C)=N\NC(=O)COc2ccc(C(C)(C)CC(C)(C)C)cc2[N+](=O)[O-])cc1OC. The fourth-order valence-electron chi connectivity index (χ4n) is 4.08. The van der Waals surface area contributed by atoms with E-state index in [0.717, 1.165) is 17.5 Å². The molecule has 0 saturated carbocycles. The van der Waals surface area contributed by atoms with Crippen molar-refractivity contribution >= 4 is 17.3 Å². The molecule has 0 bridgehead atoms. The first-order chi connectivity index (χ1) is 16.3. The average molecular weight is 486 g/mol. The summed E-state index contributed by atoms with van der Waals surface area (Å²) in [6.07, 6.45) is 0.844. The van der Waals surface area contributed by atoms with E-state index in [-0.39, 0.29) is 22.3 Å². The Morgan fingerprint density at radius 1 is 1.00 bits per heavy atom. The van der Waals surface area contributed by atoms with Crippen LogP contribution in [-0.2, 0) is 10.2 Å². The number of nitro benzene ring substituents is 1. The van der Waals surface area contributed by atoms with Gasteiger partial charge in [-0.15, -0.1) is 0 Å². The second-order valence-electron chi connectivity index (χ2n) is 10.2. The Labute approximate surface area is 206 Å². The fraction of sp³-hybridized carbons (Fsp3) is 0.462. The first-order valence-electron chi connectivity index (χ1n) is 11.2. The summed E-state index contributed by atoms with van der Waals surface area (Å²) in [7, 11) is 3.08. The van der Waals surface area contributed by atoms with E-state index >= 15 is 0 Å². The molecular formula is C26H35N3O6. The highest BCUT2D eigenvalue weighted by Crippen LogP contribution is 2.39. The smallest absolute Gasteiger partial charge is 0.311 e. The lowest BCUT2D eigenvalue weighted by molar-refractivity contribution is -0.385. The van der Waals surface area contributed by atoms with Gasteiger partial charge in [0.25, 0.3) is 5.91 Å². The minimum Gasteiger partial charge on any atom is -0.493 e. The number of hydrogen-bond donors (Lipinski definition) is 1. The maximum absolute atomic E-state index is 12.3. The molecule has 0 aliphatic rings. The maximum atomic E-state index is 12.3. The first kappa shape index (κ1) is 27.6. The van der Waals surface area contributed by atoms with E-state index in [2.05, 4.69) is 45.1 Å².